The molecule has 1 aliphatic carbocycles. The van der Waals surface area contributed by atoms with E-state index < -0.39 is 0 Å². The number of carbonyl (C=O) groups excluding carboxylic acids is 1. The van der Waals surface area contributed by atoms with E-state index in [9.17, 15) is 4.79 Å². The van der Waals surface area contributed by atoms with E-state index in [1.807, 2.05) is 18.2 Å². The van der Waals surface area contributed by atoms with E-state index in [1.54, 1.807) is 26.1 Å². The molecule has 0 atom stereocenters. The minimum atomic E-state index is 0. The molecule has 1 amide bonds. The van der Waals surface area contributed by atoms with Crippen molar-refractivity contribution in [1.82, 2.24) is 15.5 Å². The van der Waals surface area contributed by atoms with Gasteiger partial charge in [-0.05, 0) is 31.0 Å². The van der Waals surface area contributed by atoms with Gasteiger partial charge in [0.25, 0.3) is 0 Å². The summed E-state index contributed by atoms with van der Waals surface area (Å²) >= 11 is 3.49. The Kier molecular flexibility index (Phi) is 11.1. The molecule has 0 aromatic heterocycles. The van der Waals surface area contributed by atoms with Crippen molar-refractivity contribution < 1.29 is 9.53 Å². The Morgan fingerprint density at radius 1 is 1.30 bits per heavy atom. The van der Waals surface area contributed by atoms with Gasteiger partial charge in [0.15, 0.2) is 5.96 Å². The molecule has 0 unspecified atom stereocenters. The smallest absolute Gasteiger partial charge is 0.241 e. The van der Waals surface area contributed by atoms with Crippen LogP contribution in [-0.2, 0) is 11.3 Å². The number of carbonyl (C=O) groups is 1. The van der Waals surface area contributed by atoms with Crippen LogP contribution in [-0.4, -0.2) is 50.6 Å². The van der Waals surface area contributed by atoms with Gasteiger partial charge in [0.2, 0.25) is 5.91 Å². The molecular formula is C19H30BrIN4O2. The zero-order chi connectivity index (χ0) is 18.9. The lowest BCUT2D eigenvalue weighted by Crippen LogP contribution is -2.47. The molecule has 1 aliphatic rings. The molecule has 2 N–H and O–H groups in total. The zero-order valence-corrected chi connectivity index (χ0v) is 20.2. The largest absolute Gasteiger partial charge is 0.496 e. The van der Waals surface area contributed by atoms with Crippen LogP contribution < -0.4 is 15.4 Å². The first kappa shape index (κ1) is 24.0. The zero-order valence-electron chi connectivity index (χ0n) is 16.3. The number of guanidine groups is 1. The van der Waals surface area contributed by atoms with E-state index in [2.05, 4.69) is 26.6 Å². The lowest BCUT2D eigenvalue weighted by atomic mass is 9.96. The average Bonchev–Trinajstić information content (AvgIpc) is 2.64. The molecule has 6 nitrogen and oxygen atoms in total. The summed E-state index contributed by atoms with van der Waals surface area (Å²) in [5.74, 6) is 1.50. The van der Waals surface area contributed by atoms with Crippen molar-refractivity contribution in [2.75, 3.05) is 27.7 Å². The first-order chi connectivity index (χ1) is 12.5. The van der Waals surface area contributed by atoms with E-state index in [0.29, 0.717) is 18.5 Å². The van der Waals surface area contributed by atoms with E-state index >= 15 is 0 Å². The monoisotopic (exact) mass is 552 g/mol. The van der Waals surface area contributed by atoms with E-state index in [-0.39, 0.29) is 36.4 Å². The minimum Gasteiger partial charge on any atom is -0.496 e. The van der Waals surface area contributed by atoms with Gasteiger partial charge in [-0.3, -0.25) is 4.79 Å². The summed E-state index contributed by atoms with van der Waals surface area (Å²) in [6, 6.07) is 6.28. The van der Waals surface area contributed by atoms with Gasteiger partial charge >= 0.3 is 0 Å². The SMILES string of the molecule is COc1ccc(Br)cc1CN=C(NCC(=O)N(C)C)NC1CCCCC1.I. The third-order valence-corrected chi connectivity index (χ3v) is 5.00. The number of hydrogen-bond donors (Lipinski definition) is 2. The quantitative estimate of drug-likeness (QED) is 0.322. The van der Waals surface area contributed by atoms with Gasteiger partial charge in [-0.25, -0.2) is 4.99 Å². The fraction of sp³-hybridized carbons (Fsp3) is 0.579. The van der Waals surface area contributed by atoms with Crippen LogP contribution in [0, 0.1) is 0 Å². The van der Waals surface area contributed by atoms with E-state index in [0.717, 1.165) is 28.6 Å². The standard InChI is InChI=1S/C19H29BrN4O2.HI/c1-24(2)18(25)13-22-19(23-16-7-5-4-6-8-16)21-12-14-11-15(20)9-10-17(14)26-3;/h9-11,16H,4-8,12-13H2,1-3H3,(H2,21,22,23);1H. The van der Waals surface area contributed by atoms with E-state index in [4.69, 9.17) is 9.73 Å². The molecule has 1 fully saturated rings. The predicted octanol–water partition coefficient (Wildman–Crippen LogP) is 3.53. The molecule has 0 aliphatic heterocycles. The maximum atomic E-state index is 11.9. The van der Waals surface area contributed by atoms with Crippen molar-refractivity contribution in [2.24, 2.45) is 4.99 Å². The molecule has 0 saturated heterocycles. The molecule has 1 aromatic carbocycles. The first-order valence-electron chi connectivity index (χ1n) is 9.07. The second kappa shape index (κ2) is 12.4. The topological polar surface area (TPSA) is 66.0 Å². The Balaban J connectivity index is 0.00000364. The van der Waals surface area contributed by atoms with Gasteiger partial charge in [-0.15, -0.1) is 24.0 Å². The van der Waals surface area contributed by atoms with Crippen molar-refractivity contribution >= 4 is 51.8 Å². The van der Waals surface area contributed by atoms with Gasteiger partial charge in [-0.2, -0.15) is 0 Å². The molecule has 1 saturated carbocycles. The number of benzene rings is 1. The van der Waals surface area contributed by atoms with Crippen LogP contribution in [0.2, 0.25) is 0 Å². The van der Waals surface area contributed by atoms with Crippen LogP contribution in [0.15, 0.2) is 27.7 Å². The van der Waals surface area contributed by atoms with Crippen LogP contribution in [0.4, 0.5) is 0 Å². The molecule has 2 rings (SSSR count). The van der Waals surface area contributed by atoms with Gasteiger partial charge in [0.1, 0.15) is 5.75 Å². The first-order valence-corrected chi connectivity index (χ1v) is 9.86. The van der Waals surface area contributed by atoms with Crippen LogP contribution in [0.25, 0.3) is 0 Å². The molecule has 0 spiro atoms. The summed E-state index contributed by atoms with van der Waals surface area (Å²) in [5, 5.41) is 6.65. The maximum Gasteiger partial charge on any atom is 0.241 e. The second-order valence-electron chi connectivity index (χ2n) is 6.74. The number of rotatable bonds is 6. The number of nitrogens with zero attached hydrogens (tertiary/aromatic N) is 2. The number of likely N-dealkylation sites (N-methyl/N-ethyl adjacent to an activating group) is 1. The van der Waals surface area contributed by atoms with Crippen LogP contribution >= 0.6 is 39.9 Å². The summed E-state index contributed by atoms with van der Waals surface area (Å²) in [5.41, 5.74) is 0.991. The number of halogens is 2. The highest BCUT2D eigenvalue weighted by Gasteiger charge is 2.15. The Morgan fingerprint density at radius 2 is 2.00 bits per heavy atom. The van der Waals surface area contributed by atoms with Gasteiger partial charge in [0, 0.05) is 30.2 Å². The molecule has 8 heteroatoms. The van der Waals surface area contributed by atoms with Gasteiger partial charge < -0.3 is 20.3 Å². The fourth-order valence-electron chi connectivity index (χ4n) is 2.95. The van der Waals surface area contributed by atoms with Gasteiger partial charge in [-0.1, -0.05) is 35.2 Å². The molecule has 0 heterocycles. The van der Waals surface area contributed by atoms with E-state index in [1.165, 1.54) is 19.3 Å². The number of methoxy groups -OCH3 is 1. The number of amides is 1. The third kappa shape index (κ3) is 8.25. The fourth-order valence-corrected chi connectivity index (χ4v) is 3.35. The van der Waals surface area contributed by atoms with Crippen molar-refractivity contribution in [3.05, 3.63) is 28.2 Å². The Hall–Kier alpha value is -1.03. The highest BCUT2D eigenvalue weighted by molar-refractivity contribution is 14.0. The summed E-state index contributed by atoms with van der Waals surface area (Å²) < 4.78 is 6.41. The number of hydrogen-bond acceptors (Lipinski definition) is 3. The summed E-state index contributed by atoms with van der Waals surface area (Å²) in [4.78, 5) is 18.2. The second-order valence-corrected chi connectivity index (χ2v) is 7.66. The predicted molar refractivity (Wildman–Crippen MR) is 124 cm³/mol. The lowest BCUT2D eigenvalue weighted by molar-refractivity contribution is -0.127. The highest BCUT2D eigenvalue weighted by atomic mass is 127. The summed E-state index contributed by atoms with van der Waals surface area (Å²) in [6.07, 6.45) is 6.06. The molecule has 152 valence electrons. The number of nitrogens with one attached hydrogen (secondary N) is 2. The Bertz CT molecular complexity index is 634. The summed E-state index contributed by atoms with van der Waals surface area (Å²) in [7, 11) is 5.16. The van der Waals surface area contributed by atoms with Crippen molar-refractivity contribution in [3.8, 4) is 5.75 Å². The van der Waals surface area contributed by atoms with Crippen molar-refractivity contribution in [2.45, 2.75) is 44.7 Å². The number of aliphatic imine (C=N–C) groups is 1. The van der Waals surface area contributed by atoms with Crippen LogP contribution in [0.5, 0.6) is 5.75 Å². The normalized spacial score (nSPS) is 14.9. The molecular weight excluding hydrogens is 523 g/mol. The van der Waals surface area contributed by atoms with Gasteiger partial charge in [0.05, 0.1) is 20.2 Å². The van der Waals surface area contributed by atoms with Crippen molar-refractivity contribution in [1.29, 1.82) is 0 Å². The van der Waals surface area contributed by atoms with Crippen LogP contribution in [0.1, 0.15) is 37.7 Å². The lowest BCUT2D eigenvalue weighted by Gasteiger charge is -2.25. The molecule has 27 heavy (non-hydrogen) atoms. The third-order valence-electron chi connectivity index (χ3n) is 4.50. The Labute approximate surface area is 187 Å². The maximum absolute atomic E-state index is 11.9. The average molecular weight is 553 g/mol. The highest BCUT2D eigenvalue weighted by Crippen LogP contribution is 2.23. The summed E-state index contributed by atoms with van der Waals surface area (Å²) in [6.45, 7) is 0.696. The number of ether oxygens (including phenoxy) is 1. The Morgan fingerprint density at radius 3 is 2.63 bits per heavy atom. The minimum absolute atomic E-state index is 0. The van der Waals surface area contributed by atoms with Crippen molar-refractivity contribution in [3.63, 3.8) is 0 Å². The molecule has 0 bridgehead atoms. The molecule has 1 aromatic rings. The van der Waals surface area contributed by atoms with Crippen LogP contribution in [0.3, 0.4) is 0 Å². The molecule has 0 radical (unpaired) electrons.